The van der Waals surface area contributed by atoms with Crippen molar-refractivity contribution in [3.63, 3.8) is 0 Å². The van der Waals surface area contributed by atoms with Gasteiger partial charge in [-0.2, -0.15) is 0 Å². The monoisotopic (exact) mass is 332 g/mol. The molecule has 24 heavy (non-hydrogen) atoms. The van der Waals surface area contributed by atoms with Crippen molar-refractivity contribution in [2.45, 2.75) is 6.61 Å². The average molecular weight is 332 g/mol. The summed E-state index contributed by atoms with van der Waals surface area (Å²) in [5.41, 5.74) is 0.660. The van der Waals surface area contributed by atoms with Gasteiger partial charge in [0.15, 0.2) is 11.5 Å². The normalized spacial score (nSPS) is 10.6. The van der Waals surface area contributed by atoms with Gasteiger partial charge in [-0.15, -0.1) is 0 Å². The van der Waals surface area contributed by atoms with E-state index in [4.69, 9.17) is 19.0 Å². The van der Waals surface area contributed by atoms with E-state index in [9.17, 15) is 9.59 Å². The van der Waals surface area contributed by atoms with Crippen molar-refractivity contribution >= 4 is 18.0 Å². The van der Waals surface area contributed by atoms with Crippen LogP contribution in [0, 0.1) is 0 Å². The predicted molar refractivity (Wildman–Crippen MR) is 84.0 cm³/mol. The third-order valence-electron chi connectivity index (χ3n) is 3.02. The van der Waals surface area contributed by atoms with E-state index in [2.05, 4.69) is 4.74 Å². The highest BCUT2D eigenvalue weighted by molar-refractivity contribution is 5.86. The molecule has 0 amide bonds. The Morgan fingerprint density at radius 3 is 2.62 bits per heavy atom. The highest BCUT2D eigenvalue weighted by atomic mass is 16.5. The van der Waals surface area contributed by atoms with Crippen molar-refractivity contribution in [2.75, 3.05) is 14.2 Å². The van der Waals surface area contributed by atoms with Crippen molar-refractivity contribution in [1.82, 2.24) is 0 Å². The third kappa shape index (κ3) is 4.39. The van der Waals surface area contributed by atoms with Gasteiger partial charge in [-0.1, -0.05) is 6.07 Å². The zero-order valence-corrected chi connectivity index (χ0v) is 13.1. The fourth-order valence-electron chi connectivity index (χ4n) is 1.89. The third-order valence-corrected chi connectivity index (χ3v) is 3.02. The average Bonchev–Trinajstić information content (AvgIpc) is 3.06. The van der Waals surface area contributed by atoms with Crippen LogP contribution in [0.5, 0.6) is 11.5 Å². The van der Waals surface area contributed by atoms with Gasteiger partial charge in [0, 0.05) is 6.08 Å². The lowest BCUT2D eigenvalue weighted by Crippen LogP contribution is -1.99. The van der Waals surface area contributed by atoms with Crippen molar-refractivity contribution in [2.24, 2.45) is 0 Å². The molecule has 7 nitrogen and oxygen atoms in total. The molecular weight excluding hydrogens is 316 g/mol. The molecule has 0 spiro atoms. The molecule has 1 aromatic heterocycles. The predicted octanol–water partition coefficient (Wildman–Crippen LogP) is 2.75. The molecule has 0 aliphatic heterocycles. The molecule has 0 aliphatic rings. The first-order valence-corrected chi connectivity index (χ1v) is 6.92. The van der Waals surface area contributed by atoms with Crippen LogP contribution in [-0.2, 0) is 16.1 Å². The first-order chi connectivity index (χ1) is 11.5. The maximum Gasteiger partial charge on any atom is 0.373 e. The number of benzene rings is 1. The molecule has 0 aliphatic carbocycles. The van der Waals surface area contributed by atoms with E-state index in [0.717, 1.165) is 6.08 Å². The van der Waals surface area contributed by atoms with Crippen LogP contribution in [0.2, 0.25) is 0 Å². The lowest BCUT2D eigenvalue weighted by Gasteiger charge is -2.10. The van der Waals surface area contributed by atoms with E-state index >= 15 is 0 Å². The number of hydrogen-bond acceptors (Lipinski definition) is 6. The number of aliphatic carboxylic acids is 1. The largest absolute Gasteiger partial charge is 0.493 e. The summed E-state index contributed by atoms with van der Waals surface area (Å²) in [4.78, 5) is 21.9. The SMILES string of the molecule is COC(=O)c1ccc(COc2ccc(/C=C/C(=O)O)cc2OC)o1. The molecule has 0 radical (unpaired) electrons. The van der Waals surface area contributed by atoms with Crippen molar-refractivity contribution in [1.29, 1.82) is 0 Å². The van der Waals surface area contributed by atoms with E-state index in [1.807, 2.05) is 0 Å². The smallest absolute Gasteiger partial charge is 0.373 e. The summed E-state index contributed by atoms with van der Waals surface area (Å²) in [6.07, 6.45) is 2.48. The van der Waals surface area contributed by atoms with Crippen LogP contribution >= 0.6 is 0 Å². The molecule has 0 bridgehead atoms. The van der Waals surface area contributed by atoms with Gasteiger partial charge in [0.1, 0.15) is 12.4 Å². The van der Waals surface area contributed by atoms with E-state index in [0.29, 0.717) is 22.8 Å². The van der Waals surface area contributed by atoms with Crippen molar-refractivity contribution in [3.05, 3.63) is 53.5 Å². The number of esters is 1. The van der Waals surface area contributed by atoms with Gasteiger partial charge in [0.2, 0.25) is 5.76 Å². The molecule has 1 aromatic carbocycles. The zero-order valence-electron chi connectivity index (χ0n) is 13.1. The van der Waals surface area contributed by atoms with Crippen LogP contribution in [0.3, 0.4) is 0 Å². The van der Waals surface area contributed by atoms with Gasteiger partial charge in [-0.05, 0) is 35.9 Å². The number of furan rings is 1. The highest BCUT2D eigenvalue weighted by Crippen LogP contribution is 2.29. The number of carbonyl (C=O) groups excluding carboxylic acids is 1. The van der Waals surface area contributed by atoms with Crippen LogP contribution in [0.4, 0.5) is 0 Å². The number of carbonyl (C=O) groups is 2. The Bertz CT molecular complexity index is 758. The maximum absolute atomic E-state index is 11.3. The highest BCUT2D eigenvalue weighted by Gasteiger charge is 2.12. The molecule has 0 fully saturated rings. The summed E-state index contributed by atoms with van der Waals surface area (Å²) in [7, 11) is 2.75. The molecule has 1 heterocycles. The fourth-order valence-corrected chi connectivity index (χ4v) is 1.89. The van der Waals surface area contributed by atoms with Crippen LogP contribution in [0.1, 0.15) is 21.9 Å². The van der Waals surface area contributed by atoms with E-state index in [1.54, 1.807) is 24.3 Å². The minimum atomic E-state index is -1.03. The molecular formula is C17H16O7. The Morgan fingerprint density at radius 2 is 1.96 bits per heavy atom. The van der Waals surface area contributed by atoms with Crippen LogP contribution < -0.4 is 9.47 Å². The van der Waals surface area contributed by atoms with Gasteiger partial charge in [-0.25, -0.2) is 9.59 Å². The molecule has 2 aromatic rings. The Kier molecular flexibility index (Phi) is 5.62. The lowest BCUT2D eigenvalue weighted by molar-refractivity contribution is -0.131. The minimum Gasteiger partial charge on any atom is -0.493 e. The second kappa shape index (κ2) is 7.87. The zero-order chi connectivity index (χ0) is 17.5. The number of rotatable bonds is 7. The standard InChI is InChI=1S/C17H16O7/c1-21-15-9-11(4-8-16(18)19)3-6-13(15)23-10-12-5-7-14(24-12)17(20)22-2/h3-9H,10H2,1-2H3,(H,18,19)/b8-4+. The first kappa shape index (κ1) is 17.1. The summed E-state index contributed by atoms with van der Waals surface area (Å²) in [5.74, 6) is -0.144. The molecule has 0 unspecified atom stereocenters. The summed E-state index contributed by atoms with van der Waals surface area (Å²) >= 11 is 0. The molecule has 0 atom stereocenters. The summed E-state index contributed by atoms with van der Waals surface area (Å²) in [6.45, 7) is 0.0949. The number of hydrogen-bond donors (Lipinski definition) is 1. The molecule has 126 valence electrons. The maximum atomic E-state index is 11.3. The second-order valence-electron chi connectivity index (χ2n) is 4.63. The summed E-state index contributed by atoms with van der Waals surface area (Å²) in [6, 6.07) is 8.12. The van der Waals surface area contributed by atoms with Gasteiger partial charge in [0.05, 0.1) is 14.2 Å². The molecule has 1 N–H and O–H groups in total. The fraction of sp³-hybridized carbons (Fsp3) is 0.176. The van der Waals surface area contributed by atoms with Crippen LogP contribution in [-0.4, -0.2) is 31.3 Å². The van der Waals surface area contributed by atoms with E-state index < -0.39 is 11.9 Å². The summed E-state index contributed by atoms with van der Waals surface area (Å²) < 4.78 is 20.7. The second-order valence-corrected chi connectivity index (χ2v) is 4.63. The topological polar surface area (TPSA) is 95.2 Å². The van der Waals surface area contributed by atoms with Crippen molar-refractivity contribution < 1.29 is 33.3 Å². The van der Waals surface area contributed by atoms with Crippen molar-refractivity contribution in [3.8, 4) is 11.5 Å². The number of carboxylic acids is 1. The molecule has 0 saturated heterocycles. The quantitative estimate of drug-likeness (QED) is 0.615. The summed E-state index contributed by atoms with van der Waals surface area (Å²) in [5, 5.41) is 8.64. The number of methoxy groups -OCH3 is 2. The Morgan fingerprint density at radius 1 is 1.17 bits per heavy atom. The number of ether oxygens (including phenoxy) is 3. The van der Waals surface area contributed by atoms with E-state index in [1.165, 1.54) is 26.4 Å². The van der Waals surface area contributed by atoms with Gasteiger partial charge in [-0.3, -0.25) is 0 Å². The van der Waals surface area contributed by atoms with Gasteiger partial charge in [0.25, 0.3) is 0 Å². The van der Waals surface area contributed by atoms with Gasteiger partial charge >= 0.3 is 11.9 Å². The lowest BCUT2D eigenvalue weighted by atomic mass is 10.2. The van der Waals surface area contributed by atoms with Crippen LogP contribution in [0.25, 0.3) is 6.08 Å². The Balaban J connectivity index is 2.08. The van der Waals surface area contributed by atoms with Gasteiger partial charge < -0.3 is 23.7 Å². The Labute approximate surface area is 138 Å². The number of carboxylic acid groups (broad SMARTS) is 1. The Hall–Kier alpha value is -3.22. The van der Waals surface area contributed by atoms with Crippen LogP contribution in [0.15, 0.2) is 40.8 Å². The first-order valence-electron chi connectivity index (χ1n) is 6.92. The molecule has 7 heteroatoms. The van der Waals surface area contributed by atoms with E-state index in [-0.39, 0.29) is 12.4 Å². The molecule has 2 rings (SSSR count). The minimum absolute atomic E-state index is 0.0946. The molecule has 0 saturated carbocycles.